The Morgan fingerprint density at radius 3 is 2.61 bits per heavy atom. The second kappa shape index (κ2) is 11.3. The van der Waals surface area contributed by atoms with Gasteiger partial charge in [-0.25, -0.2) is 13.1 Å². The summed E-state index contributed by atoms with van der Waals surface area (Å²) in [5.74, 6) is 0.510. The smallest absolute Gasteiger partial charge is 0.244 e. The maximum Gasteiger partial charge on any atom is 0.244 e. The van der Waals surface area contributed by atoms with Crippen LogP contribution in [-0.2, 0) is 19.6 Å². The first-order valence-corrected chi connectivity index (χ1v) is 12.6. The highest BCUT2D eigenvalue weighted by molar-refractivity contribution is 7.89. The number of hydrogen-bond acceptors (Lipinski definition) is 6. The van der Waals surface area contributed by atoms with Crippen LogP contribution < -0.4 is 14.8 Å². The molecule has 3 atom stereocenters. The first-order valence-electron chi connectivity index (χ1n) is 11.1. The maximum atomic E-state index is 12.8. The second-order valence-corrected chi connectivity index (χ2v) is 10.0. The van der Waals surface area contributed by atoms with E-state index in [1.165, 1.54) is 19.6 Å². The summed E-state index contributed by atoms with van der Waals surface area (Å²) in [5, 5.41) is 12.8. The molecular weight excluding hydrogens is 420 g/mol. The lowest BCUT2D eigenvalue weighted by Crippen LogP contribution is -2.51. The van der Waals surface area contributed by atoms with Crippen molar-refractivity contribution in [2.75, 3.05) is 20.3 Å². The average molecular weight is 455 g/mol. The maximum absolute atomic E-state index is 12.8. The Bertz CT molecular complexity index is 825. The first-order chi connectivity index (χ1) is 14.9. The summed E-state index contributed by atoms with van der Waals surface area (Å²) in [6, 6.07) is 5.88. The summed E-state index contributed by atoms with van der Waals surface area (Å²) < 4.78 is 39.5. The molecule has 1 saturated heterocycles. The molecule has 0 unspecified atom stereocenters. The van der Waals surface area contributed by atoms with Crippen LogP contribution in [0.2, 0.25) is 0 Å². The summed E-state index contributed by atoms with van der Waals surface area (Å²) in [7, 11) is -2.40. The van der Waals surface area contributed by atoms with Crippen molar-refractivity contribution < 1.29 is 27.8 Å². The van der Waals surface area contributed by atoms with Gasteiger partial charge in [0.15, 0.2) is 0 Å². The molecule has 1 saturated carbocycles. The van der Waals surface area contributed by atoms with Crippen LogP contribution in [-0.4, -0.2) is 57.9 Å². The van der Waals surface area contributed by atoms with Crippen LogP contribution in [0.5, 0.6) is 5.75 Å². The molecule has 3 rings (SSSR count). The van der Waals surface area contributed by atoms with Gasteiger partial charge in [0.1, 0.15) is 10.6 Å². The van der Waals surface area contributed by atoms with Gasteiger partial charge in [0, 0.05) is 12.5 Å². The van der Waals surface area contributed by atoms with E-state index in [1.54, 1.807) is 18.2 Å². The summed E-state index contributed by atoms with van der Waals surface area (Å²) in [6.07, 6.45) is 6.44. The van der Waals surface area contributed by atoms with Crippen molar-refractivity contribution in [2.24, 2.45) is 5.92 Å². The van der Waals surface area contributed by atoms with E-state index in [-0.39, 0.29) is 35.2 Å². The van der Waals surface area contributed by atoms with Gasteiger partial charge in [0.2, 0.25) is 15.9 Å². The summed E-state index contributed by atoms with van der Waals surface area (Å²) >= 11 is 0. The molecular formula is C22H34N2O6S. The molecule has 1 amide bonds. The number of para-hydroxylation sites is 1. The number of amides is 1. The van der Waals surface area contributed by atoms with E-state index in [4.69, 9.17) is 9.47 Å². The Balaban J connectivity index is 1.50. The number of hydrogen-bond donors (Lipinski definition) is 3. The van der Waals surface area contributed by atoms with E-state index < -0.39 is 22.2 Å². The molecule has 1 aliphatic carbocycles. The Morgan fingerprint density at radius 2 is 1.90 bits per heavy atom. The van der Waals surface area contributed by atoms with Crippen LogP contribution in [0.1, 0.15) is 51.4 Å². The molecule has 0 radical (unpaired) electrons. The van der Waals surface area contributed by atoms with E-state index in [0.29, 0.717) is 25.8 Å². The molecule has 174 valence electrons. The molecule has 0 aromatic heterocycles. The zero-order chi connectivity index (χ0) is 22.3. The van der Waals surface area contributed by atoms with Crippen molar-refractivity contribution in [1.29, 1.82) is 0 Å². The van der Waals surface area contributed by atoms with Gasteiger partial charge < -0.3 is 19.9 Å². The van der Waals surface area contributed by atoms with Crippen LogP contribution in [0.25, 0.3) is 0 Å². The predicted molar refractivity (Wildman–Crippen MR) is 116 cm³/mol. The van der Waals surface area contributed by atoms with E-state index in [2.05, 4.69) is 10.0 Å². The third-order valence-corrected chi connectivity index (χ3v) is 7.73. The molecule has 2 aliphatic rings. The number of methoxy groups -OCH3 is 1. The Morgan fingerprint density at radius 1 is 1.16 bits per heavy atom. The highest BCUT2D eigenvalue weighted by Gasteiger charge is 2.34. The molecule has 2 fully saturated rings. The number of benzene rings is 1. The third kappa shape index (κ3) is 6.41. The lowest BCUT2D eigenvalue weighted by molar-refractivity contribution is -0.126. The first kappa shape index (κ1) is 24.0. The molecule has 8 nitrogen and oxygen atoms in total. The minimum absolute atomic E-state index is 0.0572. The zero-order valence-electron chi connectivity index (χ0n) is 18.1. The molecule has 1 aliphatic heterocycles. The summed E-state index contributed by atoms with van der Waals surface area (Å²) in [4.78, 5) is 12.3. The number of nitrogens with one attached hydrogen (secondary N) is 2. The van der Waals surface area contributed by atoms with Crippen molar-refractivity contribution in [1.82, 2.24) is 10.0 Å². The quantitative estimate of drug-likeness (QED) is 0.526. The predicted octanol–water partition coefficient (Wildman–Crippen LogP) is 1.97. The zero-order valence-corrected chi connectivity index (χ0v) is 18.9. The number of ether oxygens (including phenoxy) is 2. The lowest BCUT2D eigenvalue weighted by atomic mass is 9.88. The number of aliphatic hydroxyl groups is 1. The highest BCUT2D eigenvalue weighted by atomic mass is 32.2. The van der Waals surface area contributed by atoms with E-state index in [9.17, 15) is 18.3 Å². The summed E-state index contributed by atoms with van der Waals surface area (Å²) in [5.41, 5.74) is 0. The van der Waals surface area contributed by atoms with Crippen molar-refractivity contribution >= 4 is 15.9 Å². The number of aliphatic hydroxyl groups excluding tert-OH is 1. The second-order valence-electron chi connectivity index (χ2n) is 8.35. The molecule has 0 spiro atoms. The number of rotatable bonds is 9. The number of carbonyl (C=O) groups excluding carboxylic acids is 1. The van der Waals surface area contributed by atoms with Crippen LogP contribution in [0.4, 0.5) is 0 Å². The highest BCUT2D eigenvalue weighted by Crippen LogP contribution is 2.27. The Labute approximate surface area is 184 Å². The van der Waals surface area contributed by atoms with Crippen molar-refractivity contribution in [2.45, 2.75) is 74.5 Å². The lowest BCUT2D eigenvalue weighted by Gasteiger charge is -2.36. The molecule has 31 heavy (non-hydrogen) atoms. The van der Waals surface area contributed by atoms with Gasteiger partial charge in [0.25, 0.3) is 0 Å². The van der Waals surface area contributed by atoms with Crippen LogP contribution in [0.3, 0.4) is 0 Å². The topological polar surface area (TPSA) is 114 Å². The normalized spacial score (nSPS) is 25.2. The Hall–Kier alpha value is -1.68. The third-order valence-electron chi connectivity index (χ3n) is 6.20. The standard InChI is InChI=1S/C22H34N2O6S/c1-29-19-9-5-6-10-21(19)31(27,28)24-18-12-11-17(30-20(18)15-25)13-14-23-22(26)16-7-3-2-4-8-16/h5-6,9-10,16-18,20,24-25H,2-4,7-8,11-15H2,1H3,(H,23,26)/t17-,18-,20-/m0/s1. The average Bonchev–Trinajstić information content (AvgIpc) is 2.80. The van der Waals surface area contributed by atoms with Gasteiger partial charge in [0.05, 0.1) is 32.0 Å². The minimum atomic E-state index is -3.83. The fourth-order valence-corrected chi connectivity index (χ4v) is 5.92. The fourth-order valence-electron chi connectivity index (χ4n) is 4.45. The molecule has 9 heteroatoms. The van der Waals surface area contributed by atoms with Gasteiger partial charge in [-0.3, -0.25) is 4.79 Å². The van der Waals surface area contributed by atoms with Gasteiger partial charge in [-0.15, -0.1) is 0 Å². The van der Waals surface area contributed by atoms with Gasteiger partial charge in [-0.2, -0.15) is 0 Å². The van der Waals surface area contributed by atoms with Crippen LogP contribution >= 0.6 is 0 Å². The van der Waals surface area contributed by atoms with Gasteiger partial charge in [-0.05, 0) is 44.2 Å². The molecule has 3 N–H and O–H groups in total. The van der Waals surface area contributed by atoms with Crippen LogP contribution in [0.15, 0.2) is 29.2 Å². The largest absolute Gasteiger partial charge is 0.495 e. The van der Waals surface area contributed by atoms with Gasteiger partial charge in [-0.1, -0.05) is 31.4 Å². The fraction of sp³-hybridized carbons (Fsp3) is 0.682. The summed E-state index contributed by atoms with van der Waals surface area (Å²) in [6.45, 7) is 0.236. The van der Waals surface area contributed by atoms with Crippen molar-refractivity contribution in [3.63, 3.8) is 0 Å². The van der Waals surface area contributed by atoms with E-state index in [0.717, 1.165) is 25.7 Å². The minimum Gasteiger partial charge on any atom is -0.495 e. The van der Waals surface area contributed by atoms with E-state index >= 15 is 0 Å². The van der Waals surface area contributed by atoms with Crippen molar-refractivity contribution in [3.8, 4) is 5.75 Å². The number of sulfonamides is 1. The molecule has 1 aromatic rings. The SMILES string of the molecule is COc1ccccc1S(=O)(=O)N[C@H]1CC[C@@H](CCNC(=O)C2CCCCC2)O[C@H]1CO. The number of carbonyl (C=O) groups is 1. The van der Waals surface area contributed by atoms with Crippen molar-refractivity contribution in [3.05, 3.63) is 24.3 Å². The van der Waals surface area contributed by atoms with E-state index in [1.807, 2.05) is 0 Å². The molecule has 1 heterocycles. The Kier molecular flexibility index (Phi) is 8.71. The van der Waals surface area contributed by atoms with Gasteiger partial charge >= 0.3 is 0 Å². The van der Waals surface area contributed by atoms with Crippen LogP contribution in [0, 0.1) is 5.92 Å². The molecule has 0 bridgehead atoms. The molecule has 1 aromatic carbocycles. The monoisotopic (exact) mass is 454 g/mol.